The number of benzene rings is 1. The number of hydrogen-bond donors (Lipinski definition) is 3. The molecule has 0 bridgehead atoms. The van der Waals surface area contributed by atoms with Gasteiger partial charge in [-0.3, -0.25) is 4.18 Å². The lowest BCUT2D eigenvalue weighted by molar-refractivity contribution is 0.112. The predicted octanol–water partition coefficient (Wildman–Crippen LogP) is 0.878. The molecule has 0 aromatic heterocycles. The molecule has 9 heteroatoms. The highest BCUT2D eigenvalue weighted by Crippen LogP contribution is 2.13. The van der Waals surface area contributed by atoms with Crippen molar-refractivity contribution >= 4 is 33.3 Å². The Morgan fingerprint density at radius 1 is 1.09 bits per heavy atom. The van der Waals surface area contributed by atoms with Crippen LogP contribution in [0.15, 0.2) is 29.2 Å². The molecular weight excluding hydrogens is 355 g/mol. The van der Waals surface area contributed by atoms with Crippen LogP contribution < -0.4 is 0 Å². The van der Waals surface area contributed by atoms with Crippen LogP contribution in [-0.2, 0) is 14.3 Å². The second-order valence-corrected chi connectivity index (χ2v) is 6.58. The monoisotopic (exact) mass is 374 g/mol. The van der Waals surface area contributed by atoms with Crippen molar-refractivity contribution in [3.63, 3.8) is 0 Å². The van der Waals surface area contributed by atoms with Crippen LogP contribution in [0.3, 0.4) is 0 Å². The molecule has 6 nitrogen and oxygen atoms in total. The van der Waals surface area contributed by atoms with Crippen molar-refractivity contribution in [2.75, 3.05) is 25.0 Å². The zero-order valence-corrected chi connectivity index (χ0v) is 14.4. The molecule has 0 radical (unpaired) electrons. The molecule has 3 N–H and O–H groups in total. The second-order valence-electron chi connectivity index (χ2n) is 4.35. The summed E-state index contributed by atoms with van der Waals surface area (Å²) in [5.74, 6) is 0.0416. The van der Waals surface area contributed by atoms with Gasteiger partial charge in [0.05, 0.1) is 42.1 Å². The van der Waals surface area contributed by atoms with Crippen molar-refractivity contribution in [2.24, 2.45) is 0 Å². The van der Waals surface area contributed by atoms with Gasteiger partial charge in [-0.1, -0.05) is 17.7 Å². The standard InChI is InChI=1S/C10H13ClO4S.C3H7ClO2/c1-8-2-4-10(5-3-8)16(13,14)15-7-9(12)6-11;4-1-3(6)2-5/h2-5,9,12H,6-7H2,1H3;3,5-6H,1-2H2/t9-;3-/m00/s1. The van der Waals surface area contributed by atoms with Gasteiger partial charge in [0.15, 0.2) is 0 Å². The summed E-state index contributed by atoms with van der Waals surface area (Å²) in [4.78, 5) is 0.0693. The van der Waals surface area contributed by atoms with Crippen molar-refractivity contribution in [3.05, 3.63) is 29.8 Å². The quantitative estimate of drug-likeness (QED) is 0.483. The summed E-state index contributed by atoms with van der Waals surface area (Å²) in [5, 5.41) is 25.4. The first-order chi connectivity index (χ1) is 10.3. The van der Waals surface area contributed by atoms with Gasteiger partial charge in [-0.05, 0) is 19.1 Å². The van der Waals surface area contributed by atoms with E-state index >= 15 is 0 Å². The van der Waals surface area contributed by atoms with E-state index in [1.54, 1.807) is 12.1 Å². The van der Waals surface area contributed by atoms with E-state index in [2.05, 4.69) is 4.18 Å². The molecule has 1 aromatic rings. The molecule has 22 heavy (non-hydrogen) atoms. The van der Waals surface area contributed by atoms with Crippen LogP contribution in [-0.4, -0.2) is 60.9 Å². The molecule has 0 spiro atoms. The lowest BCUT2D eigenvalue weighted by atomic mass is 10.2. The molecule has 128 valence electrons. The molecule has 0 aliphatic carbocycles. The van der Waals surface area contributed by atoms with Gasteiger partial charge in [0.1, 0.15) is 0 Å². The highest BCUT2D eigenvalue weighted by Gasteiger charge is 2.16. The van der Waals surface area contributed by atoms with E-state index in [1.807, 2.05) is 6.92 Å². The first-order valence-electron chi connectivity index (χ1n) is 6.31. The minimum Gasteiger partial charge on any atom is -0.394 e. The normalized spacial score (nSPS) is 13.9. The molecule has 0 aliphatic heterocycles. The molecule has 0 heterocycles. The molecule has 0 fully saturated rings. The molecule has 1 aromatic carbocycles. The van der Waals surface area contributed by atoms with Gasteiger partial charge in [0.2, 0.25) is 0 Å². The van der Waals surface area contributed by atoms with Crippen LogP contribution in [0, 0.1) is 6.92 Å². The summed E-state index contributed by atoms with van der Waals surface area (Å²) in [6.45, 7) is 1.28. The fourth-order valence-electron chi connectivity index (χ4n) is 1.03. The van der Waals surface area contributed by atoms with Crippen molar-refractivity contribution < 1.29 is 27.9 Å². The first-order valence-corrected chi connectivity index (χ1v) is 8.79. The van der Waals surface area contributed by atoms with Gasteiger partial charge in [0.25, 0.3) is 10.1 Å². The molecule has 2 atom stereocenters. The van der Waals surface area contributed by atoms with Gasteiger partial charge in [-0.15, -0.1) is 23.2 Å². The lowest BCUT2D eigenvalue weighted by Crippen LogP contribution is -2.20. The summed E-state index contributed by atoms with van der Waals surface area (Å²) in [7, 11) is -3.80. The van der Waals surface area contributed by atoms with Crippen LogP contribution in [0.4, 0.5) is 0 Å². The third-order valence-corrected chi connectivity index (χ3v) is 4.30. The smallest absolute Gasteiger partial charge is 0.297 e. The maximum atomic E-state index is 11.6. The number of hydrogen-bond acceptors (Lipinski definition) is 6. The Hall–Kier alpha value is -0.410. The van der Waals surface area contributed by atoms with E-state index in [9.17, 15) is 8.42 Å². The van der Waals surface area contributed by atoms with Crippen molar-refractivity contribution in [1.29, 1.82) is 0 Å². The average molecular weight is 375 g/mol. The maximum Gasteiger partial charge on any atom is 0.297 e. The number of aliphatic hydroxyl groups is 3. The molecular formula is C13H20Cl2O6S. The van der Waals surface area contributed by atoms with Crippen LogP contribution in [0.25, 0.3) is 0 Å². The molecule has 0 saturated heterocycles. The second kappa shape index (κ2) is 11.2. The minimum absolute atomic E-state index is 0.0661. The Morgan fingerprint density at radius 2 is 1.59 bits per heavy atom. The molecule has 1 rings (SSSR count). The zero-order valence-electron chi connectivity index (χ0n) is 12.0. The first kappa shape index (κ1) is 21.6. The number of rotatable bonds is 7. The summed E-state index contributed by atoms with van der Waals surface area (Å²) in [6, 6.07) is 6.26. The zero-order chi connectivity index (χ0) is 17.2. The third kappa shape index (κ3) is 8.89. The number of aliphatic hydroxyl groups excluding tert-OH is 3. The van der Waals surface area contributed by atoms with E-state index in [0.29, 0.717) is 0 Å². The topological polar surface area (TPSA) is 104 Å². The van der Waals surface area contributed by atoms with Crippen molar-refractivity contribution in [1.82, 2.24) is 0 Å². The lowest BCUT2D eigenvalue weighted by Gasteiger charge is -2.08. The van der Waals surface area contributed by atoms with E-state index in [-0.39, 0.29) is 29.9 Å². The number of aryl methyl sites for hydroxylation is 1. The Bertz CT molecular complexity index is 502. The molecule has 0 aliphatic rings. The van der Waals surface area contributed by atoms with Gasteiger partial charge in [-0.2, -0.15) is 8.42 Å². The average Bonchev–Trinajstić information content (AvgIpc) is 2.52. The van der Waals surface area contributed by atoms with Crippen LogP contribution in [0.5, 0.6) is 0 Å². The summed E-state index contributed by atoms with van der Waals surface area (Å²) < 4.78 is 27.8. The third-order valence-electron chi connectivity index (χ3n) is 2.29. The summed E-state index contributed by atoms with van der Waals surface area (Å²) in [6.07, 6.45) is -1.73. The van der Waals surface area contributed by atoms with Gasteiger partial charge in [0, 0.05) is 0 Å². The SMILES string of the molecule is Cc1ccc(S(=O)(=O)OC[C@@H](O)CCl)cc1.OC[C@@H](O)CCl. The fraction of sp³-hybridized carbons (Fsp3) is 0.538. The van der Waals surface area contributed by atoms with Crippen LogP contribution in [0.2, 0.25) is 0 Å². The Labute approximate surface area is 140 Å². The van der Waals surface area contributed by atoms with Crippen molar-refractivity contribution in [2.45, 2.75) is 24.0 Å². The highest BCUT2D eigenvalue weighted by molar-refractivity contribution is 7.86. The largest absolute Gasteiger partial charge is 0.394 e. The summed E-state index contributed by atoms with van der Waals surface area (Å²) in [5.41, 5.74) is 0.958. The van der Waals surface area contributed by atoms with E-state index in [4.69, 9.17) is 38.5 Å². The van der Waals surface area contributed by atoms with Crippen LogP contribution in [0.1, 0.15) is 5.56 Å². The maximum absolute atomic E-state index is 11.6. The minimum atomic E-state index is -3.80. The Balaban J connectivity index is 0.000000626. The predicted molar refractivity (Wildman–Crippen MR) is 84.9 cm³/mol. The van der Waals surface area contributed by atoms with Crippen molar-refractivity contribution in [3.8, 4) is 0 Å². The van der Waals surface area contributed by atoms with E-state index < -0.39 is 22.3 Å². The number of alkyl halides is 2. The highest BCUT2D eigenvalue weighted by atomic mass is 35.5. The molecule has 0 saturated carbocycles. The Kier molecular flexibility index (Phi) is 11.0. The fourth-order valence-corrected chi connectivity index (χ4v) is 2.16. The molecule has 0 amide bonds. The van der Waals surface area contributed by atoms with Crippen LogP contribution >= 0.6 is 23.2 Å². The summed E-state index contributed by atoms with van der Waals surface area (Å²) >= 11 is 10.4. The van der Waals surface area contributed by atoms with Gasteiger partial charge >= 0.3 is 0 Å². The van der Waals surface area contributed by atoms with E-state index in [0.717, 1.165) is 5.56 Å². The van der Waals surface area contributed by atoms with E-state index in [1.165, 1.54) is 12.1 Å². The molecule has 0 unspecified atom stereocenters. The van der Waals surface area contributed by atoms with Gasteiger partial charge < -0.3 is 15.3 Å². The number of halogens is 2. The van der Waals surface area contributed by atoms with Gasteiger partial charge in [-0.25, -0.2) is 0 Å². The Morgan fingerprint density at radius 3 is 1.95 bits per heavy atom.